The summed E-state index contributed by atoms with van der Waals surface area (Å²) in [5.74, 6) is -1.01. The van der Waals surface area contributed by atoms with E-state index < -0.39 is 17.7 Å². The van der Waals surface area contributed by atoms with Gasteiger partial charge in [-0.2, -0.15) is 0 Å². The van der Waals surface area contributed by atoms with Crippen molar-refractivity contribution in [2.45, 2.75) is 72.6 Å². The number of carboxylic acids is 1. The molecule has 0 saturated heterocycles. The Kier molecular flexibility index (Phi) is 6.73. The van der Waals surface area contributed by atoms with E-state index in [-0.39, 0.29) is 5.91 Å². The molecule has 186 valence electrons. The summed E-state index contributed by atoms with van der Waals surface area (Å²) < 4.78 is 8.40. The van der Waals surface area contributed by atoms with Crippen molar-refractivity contribution < 1.29 is 19.4 Å². The first-order chi connectivity index (χ1) is 16.4. The fourth-order valence-electron chi connectivity index (χ4n) is 5.13. The van der Waals surface area contributed by atoms with Crippen molar-refractivity contribution in [2.24, 2.45) is 0 Å². The van der Waals surface area contributed by atoms with E-state index in [0.29, 0.717) is 30.1 Å². The van der Waals surface area contributed by atoms with Gasteiger partial charge in [0.25, 0.3) is 0 Å². The number of benzene rings is 2. The Morgan fingerprint density at radius 3 is 2.37 bits per heavy atom. The minimum Gasteiger partial charge on any atom is -0.479 e. The molecule has 6 nitrogen and oxygen atoms in total. The first-order valence-corrected chi connectivity index (χ1v) is 12.5. The number of aromatic nitrogens is 1. The zero-order chi connectivity index (χ0) is 25.7. The molecule has 3 aromatic rings. The van der Waals surface area contributed by atoms with Crippen LogP contribution in [-0.2, 0) is 20.9 Å². The summed E-state index contributed by atoms with van der Waals surface area (Å²) in [6.45, 7) is 12.7. The highest BCUT2D eigenvalue weighted by Gasteiger charge is 2.36. The number of halogens is 1. The van der Waals surface area contributed by atoms with E-state index in [1.165, 1.54) is 0 Å². The molecular weight excluding hydrogens is 464 g/mol. The predicted octanol–water partition coefficient (Wildman–Crippen LogP) is 6.67. The van der Waals surface area contributed by atoms with E-state index in [0.717, 1.165) is 45.4 Å². The van der Waals surface area contributed by atoms with Crippen molar-refractivity contribution in [1.29, 1.82) is 0 Å². The van der Waals surface area contributed by atoms with Gasteiger partial charge in [-0.25, -0.2) is 4.79 Å². The van der Waals surface area contributed by atoms with Crippen LogP contribution in [0, 0.1) is 13.8 Å². The van der Waals surface area contributed by atoms with E-state index >= 15 is 0 Å². The van der Waals surface area contributed by atoms with Gasteiger partial charge >= 0.3 is 5.97 Å². The molecule has 0 bridgehead atoms. The van der Waals surface area contributed by atoms with Gasteiger partial charge in [0.1, 0.15) is 0 Å². The highest BCUT2D eigenvalue weighted by atomic mass is 35.5. The standard InChI is InChI=1S/C28H33ClN2O4/c1-7-8-21(32)31-14-13-30-16(2)15-20-23(18-9-11-19(29)12-10-18)22(17(3)24(31)25(20)30)26(27(33)34)35-28(4,5)6/h9-12,15,26H,7-8,13-14H2,1-6H3,(H,33,34)/t26-/m0/s1. The van der Waals surface area contributed by atoms with Crippen molar-refractivity contribution in [3.05, 3.63) is 52.2 Å². The van der Waals surface area contributed by atoms with Crippen LogP contribution in [-0.4, -0.2) is 33.7 Å². The minimum atomic E-state index is -1.21. The van der Waals surface area contributed by atoms with E-state index in [1.54, 1.807) is 0 Å². The maximum atomic E-state index is 13.2. The van der Waals surface area contributed by atoms with E-state index in [9.17, 15) is 14.7 Å². The van der Waals surface area contributed by atoms with Crippen molar-refractivity contribution in [3.8, 4) is 11.1 Å². The second-order valence-corrected chi connectivity index (χ2v) is 10.6. The third kappa shape index (κ3) is 4.57. The molecule has 0 saturated carbocycles. The van der Waals surface area contributed by atoms with Gasteiger partial charge in [0.05, 0.1) is 16.8 Å². The molecule has 35 heavy (non-hydrogen) atoms. The molecule has 1 amide bonds. The van der Waals surface area contributed by atoms with Crippen LogP contribution < -0.4 is 4.90 Å². The Morgan fingerprint density at radius 1 is 1.14 bits per heavy atom. The smallest absolute Gasteiger partial charge is 0.337 e. The Labute approximate surface area is 211 Å². The van der Waals surface area contributed by atoms with E-state index in [2.05, 4.69) is 10.6 Å². The lowest BCUT2D eigenvalue weighted by atomic mass is 9.87. The third-order valence-corrected chi connectivity index (χ3v) is 6.75. The predicted molar refractivity (Wildman–Crippen MR) is 140 cm³/mol. The van der Waals surface area contributed by atoms with E-state index in [4.69, 9.17) is 16.3 Å². The molecule has 1 aromatic heterocycles. The van der Waals surface area contributed by atoms with Crippen LogP contribution in [0.5, 0.6) is 0 Å². The second kappa shape index (κ2) is 9.32. The van der Waals surface area contributed by atoms with Crippen LogP contribution in [0.3, 0.4) is 0 Å². The monoisotopic (exact) mass is 496 g/mol. The van der Waals surface area contributed by atoms with Crippen LogP contribution in [0.25, 0.3) is 22.0 Å². The van der Waals surface area contributed by atoms with Gasteiger partial charge in [-0.1, -0.05) is 30.7 Å². The lowest BCUT2D eigenvalue weighted by Crippen LogP contribution is -2.38. The molecule has 0 fully saturated rings. The van der Waals surface area contributed by atoms with Gasteiger partial charge in [0.15, 0.2) is 6.10 Å². The van der Waals surface area contributed by atoms with Gasteiger partial charge < -0.3 is 19.3 Å². The molecular formula is C28H33ClN2O4. The number of carbonyl (C=O) groups excluding carboxylic acids is 1. The first kappa shape index (κ1) is 25.3. The van der Waals surface area contributed by atoms with Crippen LogP contribution in [0.4, 0.5) is 5.69 Å². The lowest BCUT2D eigenvalue weighted by Gasteiger charge is -2.35. The summed E-state index contributed by atoms with van der Waals surface area (Å²) in [7, 11) is 0. The number of carbonyl (C=O) groups is 2. The van der Waals surface area contributed by atoms with Gasteiger partial charge in [-0.05, 0) is 75.9 Å². The summed E-state index contributed by atoms with van der Waals surface area (Å²) in [6.07, 6.45) is -0.0245. The normalized spacial score (nSPS) is 14.4. The van der Waals surface area contributed by atoms with Gasteiger partial charge in [0.2, 0.25) is 5.91 Å². The van der Waals surface area contributed by atoms with Crippen LogP contribution in [0.2, 0.25) is 5.02 Å². The number of anilines is 1. The zero-order valence-corrected chi connectivity index (χ0v) is 22.0. The maximum Gasteiger partial charge on any atom is 0.337 e. The Bertz CT molecular complexity index is 1300. The van der Waals surface area contributed by atoms with Crippen molar-refractivity contribution in [3.63, 3.8) is 0 Å². The number of carboxylic acid groups (broad SMARTS) is 1. The SMILES string of the molecule is CCCC(=O)N1CCn2c(C)cc3c(-c4ccc(Cl)cc4)c([C@H](OC(C)(C)C)C(=O)O)c(C)c1c32. The molecule has 1 N–H and O–H groups in total. The van der Waals surface area contributed by atoms with Crippen molar-refractivity contribution in [1.82, 2.24) is 4.57 Å². The van der Waals surface area contributed by atoms with E-state index in [1.807, 2.05) is 70.7 Å². The number of hydrogen-bond donors (Lipinski definition) is 1. The van der Waals surface area contributed by atoms with Gasteiger partial charge in [-0.3, -0.25) is 4.79 Å². The summed E-state index contributed by atoms with van der Waals surface area (Å²) in [5.41, 5.74) is 5.11. The molecule has 4 rings (SSSR count). The lowest BCUT2D eigenvalue weighted by molar-refractivity contribution is -0.160. The molecule has 0 radical (unpaired) electrons. The van der Waals surface area contributed by atoms with Crippen LogP contribution >= 0.6 is 11.6 Å². The molecule has 1 aliphatic heterocycles. The average molecular weight is 497 g/mol. The zero-order valence-electron chi connectivity index (χ0n) is 21.2. The molecule has 2 heterocycles. The Balaban J connectivity index is 2.15. The number of nitrogens with zero attached hydrogens (tertiary/aromatic N) is 2. The summed E-state index contributed by atoms with van der Waals surface area (Å²) >= 11 is 6.19. The molecule has 1 aliphatic rings. The fourth-order valence-corrected chi connectivity index (χ4v) is 5.26. The van der Waals surface area contributed by atoms with Crippen LogP contribution in [0.15, 0.2) is 30.3 Å². The number of hydrogen-bond acceptors (Lipinski definition) is 3. The Hall–Kier alpha value is -2.83. The van der Waals surface area contributed by atoms with Gasteiger partial charge in [0, 0.05) is 41.2 Å². The first-order valence-electron chi connectivity index (χ1n) is 12.1. The largest absolute Gasteiger partial charge is 0.479 e. The molecule has 2 aromatic carbocycles. The topological polar surface area (TPSA) is 71.8 Å². The molecule has 1 atom stereocenters. The minimum absolute atomic E-state index is 0.0517. The highest BCUT2D eigenvalue weighted by molar-refractivity contribution is 6.30. The highest BCUT2D eigenvalue weighted by Crippen LogP contribution is 2.48. The summed E-state index contributed by atoms with van der Waals surface area (Å²) in [4.78, 5) is 27.7. The number of amides is 1. The molecule has 0 aliphatic carbocycles. The number of aryl methyl sites for hydroxylation is 1. The third-order valence-electron chi connectivity index (χ3n) is 6.50. The van der Waals surface area contributed by atoms with Gasteiger partial charge in [-0.15, -0.1) is 0 Å². The molecule has 0 spiro atoms. The number of ether oxygens (including phenoxy) is 1. The number of rotatable bonds is 6. The summed E-state index contributed by atoms with van der Waals surface area (Å²) in [5, 5.41) is 11.9. The molecule has 0 unspecified atom stereocenters. The summed E-state index contributed by atoms with van der Waals surface area (Å²) in [6, 6.07) is 9.53. The van der Waals surface area contributed by atoms with Crippen molar-refractivity contribution in [2.75, 3.05) is 11.4 Å². The second-order valence-electron chi connectivity index (χ2n) is 10.2. The maximum absolute atomic E-state index is 13.2. The van der Waals surface area contributed by atoms with Crippen LogP contribution in [0.1, 0.15) is 63.5 Å². The van der Waals surface area contributed by atoms with Crippen molar-refractivity contribution >= 4 is 40.1 Å². The Morgan fingerprint density at radius 2 is 1.80 bits per heavy atom. The molecule has 7 heteroatoms. The number of aliphatic carboxylic acids is 1. The average Bonchev–Trinajstić information content (AvgIpc) is 3.11. The fraction of sp³-hybridized carbons (Fsp3) is 0.429. The quantitative estimate of drug-likeness (QED) is 0.414.